The molecule has 0 aliphatic carbocycles. The molecule has 2 unspecified atom stereocenters. The van der Waals surface area contributed by atoms with Gasteiger partial charge in [-0.2, -0.15) is 0 Å². The molecule has 1 aliphatic rings. The minimum Gasteiger partial charge on any atom is -0.488 e. The molecule has 0 spiro atoms. The molecule has 3 rings (SSSR count). The molecule has 180 valence electrons. The van der Waals surface area contributed by atoms with Gasteiger partial charge in [-0.3, -0.25) is 4.79 Å². The summed E-state index contributed by atoms with van der Waals surface area (Å²) in [5.74, 6) is -0.407. The van der Waals surface area contributed by atoms with Crippen LogP contribution in [0.4, 0.5) is 9.18 Å². The summed E-state index contributed by atoms with van der Waals surface area (Å²) in [5, 5.41) is 4.98. The maximum Gasteiger partial charge on any atom is 0.318 e. The molecule has 8 heteroatoms. The number of carbonyl (C=O) groups excluding carboxylic acids is 2. The van der Waals surface area contributed by atoms with Crippen molar-refractivity contribution in [2.24, 2.45) is 0 Å². The number of fused-ring (bicyclic) bond motifs is 1. The molecule has 0 radical (unpaired) electrons. The van der Waals surface area contributed by atoms with E-state index in [4.69, 9.17) is 4.74 Å². The van der Waals surface area contributed by atoms with Crippen LogP contribution in [0.25, 0.3) is 0 Å². The molecule has 0 fully saturated rings. The molecular weight excluding hydrogens is 441 g/mol. The van der Waals surface area contributed by atoms with Crippen LogP contribution in [0, 0.1) is 5.82 Å². The van der Waals surface area contributed by atoms with Gasteiger partial charge in [0.05, 0.1) is 6.04 Å². The lowest BCUT2D eigenvalue weighted by Crippen LogP contribution is -2.55. The monoisotopic (exact) mass is 475 g/mol. The molecule has 1 aromatic carbocycles. The Morgan fingerprint density at radius 2 is 2.03 bits per heavy atom. The molecule has 0 bridgehead atoms. The van der Waals surface area contributed by atoms with Crippen molar-refractivity contribution >= 4 is 23.3 Å². The van der Waals surface area contributed by atoms with Crippen molar-refractivity contribution in [3.05, 3.63) is 52.0 Å². The van der Waals surface area contributed by atoms with Crippen LogP contribution in [0.1, 0.15) is 57.5 Å². The summed E-state index contributed by atoms with van der Waals surface area (Å²) in [6.07, 6.45) is 1.49. The second-order valence-corrected chi connectivity index (χ2v) is 10.5. The molecule has 3 amide bonds. The number of amides is 3. The number of nitrogens with one attached hydrogen (secondary N) is 1. The number of nitrogens with zero attached hydrogens (tertiary/aromatic N) is 2. The van der Waals surface area contributed by atoms with Gasteiger partial charge in [0.25, 0.3) is 0 Å². The van der Waals surface area contributed by atoms with Gasteiger partial charge in [0.2, 0.25) is 5.91 Å². The van der Waals surface area contributed by atoms with E-state index in [1.807, 2.05) is 46.1 Å². The van der Waals surface area contributed by atoms with Crippen LogP contribution in [0.15, 0.2) is 35.7 Å². The molecule has 1 aromatic heterocycles. The van der Waals surface area contributed by atoms with E-state index in [-0.39, 0.29) is 42.9 Å². The summed E-state index contributed by atoms with van der Waals surface area (Å²) in [5.41, 5.74) is 0.628. The molecular formula is C25H34FN3O3S. The quantitative estimate of drug-likeness (QED) is 0.613. The Bertz CT molecular complexity index is 972. The standard InChI is InChI=1S/C25H34FN3O3S/c1-6-17(2)29(24(31)27-25(3,4)5)15-23(30)28-13-11-22-18(12-14-33-22)20(28)16-32-21-10-8-7-9-19(21)26/h7-10,12,14,17,20H,6,11,13,15-16H2,1-5H3,(H,27,31). The van der Waals surface area contributed by atoms with Crippen molar-refractivity contribution < 1.29 is 18.7 Å². The van der Waals surface area contributed by atoms with Crippen LogP contribution in [-0.4, -0.2) is 53.0 Å². The number of ether oxygens (including phenoxy) is 1. The second kappa shape index (κ2) is 10.5. The fourth-order valence-corrected chi connectivity index (χ4v) is 4.81. The number of thiophene rings is 1. The first kappa shape index (κ1) is 25.0. The maximum atomic E-state index is 14.1. The zero-order valence-corrected chi connectivity index (χ0v) is 20.9. The van der Waals surface area contributed by atoms with Crippen molar-refractivity contribution in [1.82, 2.24) is 15.1 Å². The minimum absolute atomic E-state index is 0.0212. The average Bonchev–Trinajstić information content (AvgIpc) is 3.24. The van der Waals surface area contributed by atoms with E-state index in [9.17, 15) is 14.0 Å². The fraction of sp³-hybridized carbons (Fsp3) is 0.520. The highest BCUT2D eigenvalue weighted by molar-refractivity contribution is 7.10. The van der Waals surface area contributed by atoms with Crippen molar-refractivity contribution in [3.63, 3.8) is 0 Å². The van der Waals surface area contributed by atoms with Crippen LogP contribution in [0.3, 0.4) is 0 Å². The van der Waals surface area contributed by atoms with Gasteiger partial charge in [-0.25, -0.2) is 9.18 Å². The normalized spacial score (nSPS) is 16.7. The van der Waals surface area contributed by atoms with Crippen LogP contribution in [0.2, 0.25) is 0 Å². The number of benzene rings is 1. The summed E-state index contributed by atoms with van der Waals surface area (Å²) < 4.78 is 19.9. The largest absolute Gasteiger partial charge is 0.488 e. The third kappa shape index (κ3) is 6.25. The predicted molar refractivity (Wildman–Crippen MR) is 129 cm³/mol. The van der Waals surface area contributed by atoms with Crippen LogP contribution < -0.4 is 10.1 Å². The minimum atomic E-state index is -0.432. The zero-order chi connectivity index (χ0) is 24.2. The number of urea groups is 1. The SMILES string of the molecule is CCC(C)N(CC(=O)N1CCc2sccc2C1COc1ccccc1F)C(=O)NC(C)(C)C. The highest BCUT2D eigenvalue weighted by Gasteiger charge is 2.34. The lowest BCUT2D eigenvalue weighted by atomic mass is 10.00. The summed E-state index contributed by atoms with van der Waals surface area (Å²) in [4.78, 5) is 31.0. The Labute approximate surface area is 199 Å². The van der Waals surface area contributed by atoms with Crippen molar-refractivity contribution in [3.8, 4) is 5.75 Å². The number of hydrogen-bond acceptors (Lipinski definition) is 4. The first-order chi connectivity index (χ1) is 15.6. The van der Waals surface area contributed by atoms with E-state index < -0.39 is 11.4 Å². The molecule has 2 heterocycles. The van der Waals surface area contributed by atoms with Crippen molar-refractivity contribution in [2.75, 3.05) is 19.7 Å². The van der Waals surface area contributed by atoms with Crippen LogP contribution >= 0.6 is 11.3 Å². The molecule has 33 heavy (non-hydrogen) atoms. The van der Waals surface area contributed by atoms with Crippen molar-refractivity contribution in [1.29, 1.82) is 0 Å². The van der Waals surface area contributed by atoms with Gasteiger partial charge in [-0.05, 0) is 69.7 Å². The Morgan fingerprint density at radius 1 is 1.30 bits per heavy atom. The average molecular weight is 476 g/mol. The van der Waals surface area contributed by atoms with Crippen LogP contribution in [-0.2, 0) is 11.2 Å². The summed E-state index contributed by atoms with van der Waals surface area (Å²) >= 11 is 1.66. The van der Waals surface area contributed by atoms with Gasteiger partial charge in [-0.15, -0.1) is 11.3 Å². The van der Waals surface area contributed by atoms with Crippen LogP contribution in [0.5, 0.6) is 5.75 Å². The molecule has 2 atom stereocenters. The van der Waals surface area contributed by atoms with E-state index in [1.165, 1.54) is 10.9 Å². The van der Waals surface area contributed by atoms with Gasteiger partial charge >= 0.3 is 6.03 Å². The first-order valence-corrected chi connectivity index (χ1v) is 12.3. The Kier molecular flexibility index (Phi) is 8.00. The van der Waals surface area contributed by atoms with Crippen molar-refractivity contribution in [2.45, 2.75) is 65.1 Å². The lowest BCUT2D eigenvalue weighted by Gasteiger charge is -2.38. The molecule has 6 nitrogen and oxygen atoms in total. The molecule has 0 saturated carbocycles. The second-order valence-electron chi connectivity index (χ2n) is 9.46. The Hall–Kier alpha value is -2.61. The summed E-state index contributed by atoms with van der Waals surface area (Å²) in [6.45, 7) is 10.4. The summed E-state index contributed by atoms with van der Waals surface area (Å²) in [7, 11) is 0. The number of rotatable bonds is 7. The van der Waals surface area contributed by atoms with E-state index >= 15 is 0 Å². The van der Waals surface area contributed by atoms with E-state index in [1.54, 1.807) is 39.3 Å². The molecule has 2 aromatic rings. The third-order valence-corrected chi connectivity index (χ3v) is 6.82. The van der Waals surface area contributed by atoms with E-state index in [2.05, 4.69) is 5.32 Å². The Balaban J connectivity index is 1.80. The number of halogens is 1. The van der Waals surface area contributed by atoms with Gasteiger partial charge in [0, 0.05) is 23.0 Å². The van der Waals surface area contributed by atoms with Gasteiger partial charge < -0.3 is 19.9 Å². The first-order valence-electron chi connectivity index (χ1n) is 11.4. The lowest BCUT2D eigenvalue weighted by molar-refractivity contribution is -0.136. The van der Waals surface area contributed by atoms with Gasteiger partial charge in [0.15, 0.2) is 11.6 Å². The van der Waals surface area contributed by atoms with E-state index in [0.717, 1.165) is 18.4 Å². The van der Waals surface area contributed by atoms with E-state index in [0.29, 0.717) is 6.54 Å². The summed E-state index contributed by atoms with van der Waals surface area (Å²) in [6, 6.07) is 7.60. The predicted octanol–water partition coefficient (Wildman–Crippen LogP) is 5.00. The smallest absolute Gasteiger partial charge is 0.318 e. The molecule has 0 saturated heterocycles. The fourth-order valence-electron chi connectivity index (χ4n) is 3.88. The topological polar surface area (TPSA) is 61.9 Å². The highest BCUT2D eigenvalue weighted by Crippen LogP contribution is 2.34. The zero-order valence-electron chi connectivity index (χ0n) is 20.1. The number of carbonyl (C=O) groups is 2. The van der Waals surface area contributed by atoms with Gasteiger partial charge in [-0.1, -0.05) is 19.1 Å². The number of para-hydroxylation sites is 1. The highest BCUT2D eigenvalue weighted by atomic mass is 32.1. The molecule has 1 aliphatic heterocycles. The molecule has 1 N–H and O–H groups in total. The van der Waals surface area contributed by atoms with Gasteiger partial charge in [0.1, 0.15) is 13.2 Å². The maximum absolute atomic E-state index is 14.1. The number of hydrogen-bond donors (Lipinski definition) is 1. The Morgan fingerprint density at radius 3 is 2.70 bits per heavy atom. The third-order valence-electron chi connectivity index (χ3n) is 5.82.